The largest absolute Gasteiger partial charge is 0.337 e. The van der Waals surface area contributed by atoms with Crippen LogP contribution >= 0.6 is 0 Å². The smallest absolute Gasteiger partial charge is 0.274 e. The number of likely N-dealkylation sites (tertiary alicyclic amines) is 1. The van der Waals surface area contributed by atoms with E-state index in [9.17, 15) is 13.2 Å². The molecule has 3 heterocycles. The van der Waals surface area contributed by atoms with Crippen LogP contribution in [-0.2, 0) is 16.6 Å². The molecule has 2 aromatic rings. The van der Waals surface area contributed by atoms with Crippen LogP contribution in [0, 0.1) is 0 Å². The molecule has 0 aliphatic carbocycles. The van der Waals surface area contributed by atoms with E-state index < -0.39 is 10.0 Å². The van der Waals surface area contributed by atoms with Crippen molar-refractivity contribution in [1.82, 2.24) is 18.8 Å². The summed E-state index contributed by atoms with van der Waals surface area (Å²) in [5.41, 5.74) is 1.49. The first-order chi connectivity index (χ1) is 11.5. The van der Waals surface area contributed by atoms with E-state index in [0.29, 0.717) is 17.1 Å². The van der Waals surface area contributed by atoms with Crippen molar-refractivity contribution in [2.24, 2.45) is 0 Å². The number of imidazole rings is 1. The first-order valence-electron chi connectivity index (χ1n) is 7.91. The minimum atomic E-state index is -3.60. The van der Waals surface area contributed by atoms with Gasteiger partial charge < -0.3 is 4.90 Å². The number of amides is 1. The van der Waals surface area contributed by atoms with E-state index in [1.807, 2.05) is 0 Å². The predicted molar refractivity (Wildman–Crippen MR) is 87.4 cm³/mol. The molecule has 4 rings (SSSR count). The monoisotopic (exact) mass is 346 g/mol. The highest BCUT2D eigenvalue weighted by atomic mass is 32.2. The van der Waals surface area contributed by atoms with Crippen LogP contribution in [0.5, 0.6) is 0 Å². The molecule has 1 fully saturated rings. The average Bonchev–Trinajstić information content (AvgIpc) is 3.22. The highest BCUT2D eigenvalue weighted by Gasteiger charge is 2.33. The van der Waals surface area contributed by atoms with E-state index in [-0.39, 0.29) is 17.3 Å². The highest BCUT2D eigenvalue weighted by Crippen LogP contribution is 2.30. The second kappa shape index (κ2) is 5.42. The van der Waals surface area contributed by atoms with Crippen LogP contribution in [-0.4, -0.2) is 53.2 Å². The molecule has 2 aliphatic heterocycles. The molecule has 8 heteroatoms. The molecule has 126 valence electrons. The Balaban J connectivity index is 1.88. The Morgan fingerprint density at radius 1 is 1.17 bits per heavy atom. The summed E-state index contributed by atoms with van der Waals surface area (Å²) in [5.74, 6) is -0.119. The lowest BCUT2D eigenvalue weighted by molar-refractivity contribution is 0.0785. The van der Waals surface area contributed by atoms with Crippen LogP contribution in [0.15, 0.2) is 35.5 Å². The Morgan fingerprint density at radius 2 is 1.88 bits per heavy atom. The van der Waals surface area contributed by atoms with Gasteiger partial charge in [-0.15, -0.1) is 0 Å². The van der Waals surface area contributed by atoms with Crippen LogP contribution in [0.3, 0.4) is 0 Å². The fourth-order valence-electron chi connectivity index (χ4n) is 3.32. The van der Waals surface area contributed by atoms with Crippen molar-refractivity contribution < 1.29 is 13.2 Å². The lowest BCUT2D eigenvalue weighted by atomic mass is 10.2. The Bertz CT molecular complexity index is 913. The van der Waals surface area contributed by atoms with Crippen molar-refractivity contribution in [1.29, 1.82) is 0 Å². The summed E-state index contributed by atoms with van der Waals surface area (Å²) < 4.78 is 28.4. The van der Waals surface area contributed by atoms with Gasteiger partial charge in [-0.2, -0.15) is 4.31 Å². The summed E-state index contributed by atoms with van der Waals surface area (Å²) in [4.78, 5) is 19.1. The summed E-state index contributed by atoms with van der Waals surface area (Å²) in [5, 5.41) is 0. The number of benzene rings is 1. The summed E-state index contributed by atoms with van der Waals surface area (Å²) in [7, 11) is -2.07. The van der Waals surface area contributed by atoms with Gasteiger partial charge in [-0.1, -0.05) is 12.1 Å². The van der Waals surface area contributed by atoms with Crippen LogP contribution in [0.25, 0.3) is 5.69 Å². The van der Waals surface area contributed by atoms with E-state index in [4.69, 9.17) is 0 Å². The number of fused-ring (bicyclic) bond motifs is 3. The van der Waals surface area contributed by atoms with Crippen LogP contribution in [0.4, 0.5) is 0 Å². The number of rotatable bonds is 1. The van der Waals surface area contributed by atoms with E-state index in [1.54, 1.807) is 40.1 Å². The number of para-hydroxylation sites is 1. The number of sulfonamides is 1. The first-order valence-corrected chi connectivity index (χ1v) is 9.35. The third-order valence-electron chi connectivity index (χ3n) is 4.65. The maximum absolute atomic E-state index is 12.8. The first kappa shape index (κ1) is 15.3. The lowest BCUT2D eigenvalue weighted by Gasteiger charge is -2.17. The third kappa shape index (κ3) is 2.17. The minimum absolute atomic E-state index is 0.117. The number of carbonyl (C=O) groups is 1. The zero-order valence-electron chi connectivity index (χ0n) is 13.3. The molecule has 0 radical (unpaired) electrons. The van der Waals surface area contributed by atoms with Crippen LogP contribution in [0.1, 0.15) is 29.0 Å². The maximum atomic E-state index is 12.8. The maximum Gasteiger partial charge on any atom is 0.274 e. The standard InChI is InChI=1S/C16H18N4O3S/c1-18-10-13-15(16(21)19-8-4-5-9-19)17-11-20(13)12-6-2-3-7-14(12)24(18,22)23/h2-3,6-7,11H,4-5,8-10H2,1H3. The Morgan fingerprint density at radius 3 is 2.62 bits per heavy atom. The molecule has 7 nitrogen and oxygen atoms in total. The number of hydrogen-bond acceptors (Lipinski definition) is 4. The molecule has 1 aromatic heterocycles. The SMILES string of the molecule is CN1Cc2c(C(=O)N3CCCC3)ncn2-c2ccccc2S1(=O)=O. The van der Waals surface area contributed by atoms with E-state index in [2.05, 4.69) is 4.98 Å². The summed E-state index contributed by atoms with van der Waals surface area (Å²) in [6.45, 7) is 1.58. The summed E-state index contributed by atoms with van der Waals surface area (Å²) in [6.07, 6.45) is 3.55. The molecule has 0 spiro atoms. The molecule has 0 N–H and O–H groups in total. The van der Waals surface area contributed by atoms with Crippen LogP contribution in [0.2, 0.25) is 0 Å². The predicted octanol–water partition coefficient (Wildman–Crippen LogP) is 1.24. The fraction of sp³-hybridized carbons (Fsp3) is 0.375. The third-order valence-corrected chi connectivity index (χ3v) is 6.50. The number of nitrogens with zero attached hydrogens (tertiary/aromatic N) is 4. The van der Waals surface area contributed by atoms with Gasteiger partial charge >= 0.3 is 0 Å². The topological polar surface area (TPSA) is 75.5 Å². The van der Waals surface area contributed by atoms with Crippen molar-refractivity contribution in [3.8, 4) is 5.69 Å². The van der Waals surface area contributed by atoms with E-state index in [0.717, 1.165) is 25.9 Å². The molecule has 0 atom stereocenters. The molecular formula is C16H18N4O3S. The lowest BCUT2D eigenvalue weighted by Crippen LogP contribution is -2.30. The fourth-order valence-corrected chi connectivity index (χ4v) is 4.63. The second-order valence-electron chi connectivity index (χ2n) is 6.14. The molecule has 0 bridgehead atoms. The molecule has 1 saturated heterocycles. The van der Waals surface area contributed by atoms with E-state index >= 15 is 0 Å². The van der Waals surface area contributed by atoms with Crippen molar-refractivity contribution in [3.05, 3.63) is 42.0 Å². The van der Waals surface area contributed by atoms with Gasteiger partial charge in [-0.25, -0.2) is 13.4 Å². The average molecular weight is 346 g/mol. The normalized spacial score (nSPS) is 19.6. The Labute approximate surface area is 140 Å². The van der Waals surface area contributed by atoms with E-state index in [1.165, 1.54) is 11.4 Å². The molecule has 24 heavy (non-hydrogen) atoms. The zero-order chi connectivity index (χ0) is 16.9. The summed E-state index contributed by atoms with van der Waals surface area (Å²) >= 11 is 0. The molecule has 0 unspecified atom stereocenters. The Kier molecular flexibility index (Phi) is 3.47. The minimum Gasteiger partial charge on any atom is -0.337 e. The quantitative estimate of drug-likeness (QED) is 0.779. The van der Waals surface area contributed by atoms with Gasteiger partial charge in [0.05, 0.1) is 17.9 Å². The number of aromatic nitrogens is 2. The van der Waals surface area contributed by atoms with Crippen molar-refractivity contribution in [2.75, 3.05) is 20.1 Å². The van der Waals surface area contributed by atoms with Gasteiger partial charge in [0, 0.05) is 20.1 Å². The molecule has 1 aromatic carbocycles. The van der Waals surface area contributed by atoms with Gasteiger partial charge in [0.15, 0.2) is 5.69 Å². The van der Waals surface area contributed by atoms with Gasteiger partial charge in [0.1, 0.15) is 11.2 Å². The summed E-state index contributed by atoms with van der Waals surface area (Å²) in [6, 6.07) is 6.80. The van der Waals surface area contributed by atoms with Gasteiger partial charge in [0.2, 0.25) is 10.0 Å². The van der Waals surface area contributed by atoms with Gasteiger partial charge in [-0.3, -0.25) is 9.36 Å². The zero-order valence-corrected chi connectivity index (χ0v) is 14.2. The Hall–Kier alpha value is -2.19. The molecule has 0 saturated carbocycles. The molecular weight excluding hydrogens is 328 g/mol. The highest BCUT2D eigenvalue weighted by molar-refractivity contribution is 7.89. The van der Waals surface area contributed by atoms with Gasteiger partial charge in [0.25, 0.3) is 5.91 Å². The molecule has 2 aliphatic rings. The van der Waals surface area contributed by atoms with Gasteiger partial charge in [-0.05, 0) is 25.0 Å². The number of hydrogen-bond donors (Lipinski definition) is 0. The van der Waals surface area contributed by atoms with Crippen molar-refractivity contribution in [2.45, 2.75) is 24.3 Å². The van der Waals surface area contributed by atoms with Crippen LogP contribution < -0.4 is 0 Å². The van der Waals surface area contributed by atoms with Crippen molar-refractivity contribution >= 4 is 15.9 Å². The second-order valence-corrected chi connectivity index (χ2v) is 8.15. The number of carbonyl (C=O) groups excluding carboxylic acids is 1. The molecule has 1 amide bonds. The van der Waals surface area contributed by atoms with Crippen molar-refractivity contribution in [3.63, 3.8) is 0 Å².